The fourth-order valence-electron chi connectivity index (χ4n) is 2.84. The first-order valence-electron chi connectivity index (χ1n) is 7.92. The molecule has 1 aliphatic heterocycles. The number of carbonyl (C=O) groups is 1. The normalized spacial score (nSPS) is 16.4. The lowest BCUT2D eigenvalue weighted by molar-refractivity contribution is 0.103. The third kappa shape index (κ3) is 4.03. The van der Waals surface area contributed by atoms with Crippen LogP contribution in [0.5, 0.6) is 0 Å². The van der Waals surface area contributed by atoms with Gasteiger partial charge in [-0.3, -0.25) is 9.69 Å². The highest BCUT2D eigenvalue weighted by Gasteiger charge is 2.15. The Morgan fingerprint density at radius 1 is 1.00 bits per heavy atom. The minimum atomic E-state index is -0.328. The maximum Gasteiger partial charge on any atom is 0.193 e. The number of hydrogen-bond donors (Lipinski definition) is 0. The molecule has 2 aromatic rings. The molecule has 0 N–H and O–H groups in total. The first-order valence-corrected chi connectivity index (χ1v) is 7.92. The third-order valence-corrected chi connectivity index (χ3v) is 4.30. The van der Waals surface area contributed by atoms with Gasteiger partial charge < -0.3 is 4.90 Å². The molecule has 0 aromatic heterocycles. The molecular formula is C19H21FN2O. The van der Waals surface area contributed by atoms with Crippen LogP contribution in [0, 0.1) is 5.82 Å². The summed E-state index contributed by atoms with van der Waals surface area (Å²) < 4.78 is 13.0. The van der Waals surface area contributed by atoms with E-state index in [1.54, 1.807) is 0 Å². The molecule has 1 saturated heterocycles. The highest BCUT2D eigenvalue weighted by Crippen LogP contribution is 2.14. The predicted octanol–water partition coefficient (Wildman–Crippen LogP) is 2.80. The molecule has 1 fully saturated rings. The molecule has 2 aromatic carbocycles. The van der Waals surface area contributed by atoms with Crippen LogP contribution in [0.15, 0.2) is 48.5 Å². The van der Waals surface area contributed by atoms with Crippen molar-refractivity contribution < 1.29 is 9.18 Å². The van der Waals surface area contributed by atoms with Crippen molar-refractivity contribution in [1.29, 1.82) is 0 Å². The van der Waals surface area contributed by atoms with E-state index in [2.05, 4.69) is 22.9 Å². The molecule has 0 aliphatic carbocycles. The second-order valence-corrected chi connectivity index (χ2v) is 6.12. The lowest BCUT2D eigenvalue weighted by Gasteiger charge is -2.32. The van der Waals surface area contributed by atoms with Crippen molar-refractivity contribution in [2.75, 3.05) is 33.2 Å². The van der Waals surface area contributed by atoms with Gasteiger partial charge in [-0.05, 0) is 42.9 Å². The molecular weight excluding hydrogens is 291 g/mol. The zero-order chi connectivity index (χ0) is 16.2. The molecule has 0 bridgehead atoms. The first kappa shape index (κ1) is 15.8. The Morgan fingerprint density at radius 3 is 2.39 bits per heavy atom. The van der Waals surface area contributed by atoms with Gasteiger partial charge in [-0.25, -0.2) is 4.39 Å². The number of benzene rings is 2. The average molecular weight is 312 g/mol. The van der Waals surface area contributed by atoms with Crippen molar-refractivity contribution >= 4 is 5.78 Å². The number of hydrogen-bond acceptors (Lipinski definition) is 3. The molecule has 0 spiro atoms. The van der Waals surface area contributed by atoms with E-state index >= 15 is 0 Å². The van der Waals surface area contributed by atoms with Crippen LogP contribution < -0.4 is 0 Å². The molecule has 0 atom stereocenters. The summed E-state index contributed by atoms with van der Waals surface area (Å²) in [5.74, 6) is -0.393. The van der Waals surface area contributed by atoms with E-state index in [0.717, 1.165) is 38.3 Å². The lowest BCUT2D eigenvalue weighted by atomic mass is 10.0. The van der Waals surface area contributed by atoms with E-state index in [1.165, 1.54) is 24.3 Å². The number of likely N-dealkylation sites (N-methyl/N-ethyl adjacent to an activating group) is 1. The summed E-state index contributed by atoms with van der Waals surface area (Å²) >= 11 is 0. The first-order chi connectivity index (χ1) is 11.1. The lowest BCUT2D eigenvalue weighted by Crippen LogP contribution is -2.43. The van der Waals surface area contributed by atoms with Crippen molar-refractivity contribution in [1.82, 2.24) is 9.80 Å². The van der Waals surface area contributed by atoms with Gasteiger partial charge in [-0.1, -0.05) is 18.2 Å². The van der Waals surface area contributed by atoms with E-state index in [-0.39, 0.29) is 11.6 Å². The van der Waals surface area contributed by atoms with E-state index in [1.807, 2.05) is 18.2 Å². The average Bonchev–Trinajstić information content (AvgIpc) is 2.57. The highest BCUT2D eigenvalue weighted by molar-refractivity contribution is 6.09. The third-order valence-electron chi connectivity index (χ3n) is 4.30. The number of halogens is 1. The molecule has 23 heavy (non-hydrogen) atoms. The van der Waals surface area contributed by atoms with Gasteiger partial charge in [0.2, 0.25) is 0 Å². The van der Waals surface area contributed by atoms with Crippen LogP contribution in [0.3, 0.4) is 0 Å². The minimum Gasteiger partial charge on any atom is -0.304 e. The van der Waals surface area contributed by atoms with Crippen molar-refractivity contribution in [3.05, 3.63) is 71.0 Å². The molecule has 0 saturated carbocycles. The summed E-state index contributed by atoms with van der Waals surface area (Å²) in [7, 11) is 2.14. The molecule has 1 aliphatic rings. The smallest absolute Gasteiger partial charge is 0.193 e. The van der Waals surface area contributed by atoms with E-state index in [4.69, 9.17) is 0 Å². The van der Waals surface area contributed by atoms with Gasteiger partial charge in [0.15, 0.2) is 5.78 Å². The quantitative estimate of drug-likeness (QED) is 0.811. The maximum atomic E-state index is 13.0. The molecule has 3 nitrogen and oxygen atoms in total. The molecule has 0 amide bonds. The number of ketones is 1. The minimum absolute atomic E-state index is 0.0646. The Labute approximate surface area is 136 Å². The molecule has 1 heterocycles. The number of piperazine rings is 1. The van der Waals surface area contributed by atoms with Gasteiger partial charge in [-0.2, -0.15) is 0 Å². The van der Waals surface area contributed by atoms with Crippen molar-refractivity contribution in [2.45, 2.75) is 6.54 Å². The molecule has 0 unspecified atom stereocenters. The summed E-state index contributed by atoms with van der Waals surface area (Å²) in [5, 5.41) is 0. The Morgan fingerprint density at radius 2 is 1.70 bits per heavy atom. The van der Waals surface area contributed by atoms with Gasteiger partial charge in [0.25, 0.3) is 0 Å². The van der Waals surface area contributed by atoms with Crippen LogP contribution >= 0.6 is 0 Å². The van der Waals surface area contributed by atoms with Crippen LogP contribution in [-0.2, 0) is 6.54 Å². The Hall–Kier alpha value is -2.04. The van der Waals surface area contributed by atoms with Crippen LogP contribution in [0.2, 0.25) is 0 Å². The highest BCUT2D eigenvalue weighted by atomic mass is 19.1. The number of carbonyl (C=O) groups excluding carboxylic acids is 1. The van der Waals surface area contributed by atoms with Crippen LogP contribution in [0.4, 0.5) is 4.39 Å². The van der Waals surface area contributed by atoms with Crippen LogP contribution in [0.1, 0.15) is 21.5 Å². The molecule has 120 valence electrons. The second-order valence-electron chi connectivity index (χ2n) is 6.12. The Kier molecular flexibility index (Phi) is 4.84. The van der Waals surface area contributed by atoms with Gasteiger partial charge in [0.1, 0.15) is 5.82 Å². The monoisotopic (exact) mass is 312 g/mol. The van der Waals surface area contributed by atoms with Crippen LogP contribution in [-0.4, -0.2) is 48.8 Å². The SMILES string of the molecule is CN1CCN(Cc2cccc(C(=O)c3ccc(F)cc3)c2)CC1. The number of nitrogens with zero attached hydrogens (tertiary/aromatic N) is 2. The van der Waals surface area contributed by atoms with Gasteiger partial charge in [-0.15, -0.1) is 0 Å². The van der Waals surface area contributed by atoms with Crippen molar-refractivity contribution in [3.63, 3.8) is 0 Å². The maximum absolute atomic E-state index is 13.0. The predicted molar refractivity (Wildman–Crippen MR) is 89.0 cm³/mol. The molecule has 0 radical (unpaired) electrons. The van der Waals surface area contributed by atoms with Crippen molar-refractivity contribution in [3.8, 4) is 0 Å². The molecule has 4 heteroatoms. The summed E-state index contributed by atoms with van der Waals surface area (Å²) in [6, 6.07) is 13.4. The van der Waals surface area contributed by atoms with Gasteiger partial charge in [0, 0.05) is 43.9 Å². The van der Waals surface area contributed by atoms with E-state index in [9.17, 15) is 9.18 Å². The van der Waals surface area contributed by atoms with Crippen molar-refractivity contribution in [2.24, 2.45) is 0 Å². The fraction of sp³-hybridized carbons (Fsp3) is 0.316. The van der Waals surface area contributed by atoms with Gasteiger partial charge >= 0.3 is 0 Å². The van der Waals surface area contributed by atoms with E-state index < -0.39 is 0 Å². The van der Waals surface area contributed by atoms with E-state index in [0.29, 0.717) is 11.1 Å². The fourth-order valence-corrected chi connectivity index (χ4v) is 2.84. The largest absolute Gasteiger partial charge is 0.304 e. The summed E-state index contributed by atoms with van der Waals surface area (Å²) in [5.41, 5.74) is 2.31. The summed E-state index contributed by atoms with van der Waals surface area (Å²) in [4.78, 5) is 17.2. The zero-order valence-electron chi connectivity index (χ0n) is 13.3. The Balaban J connectivity index is 1.72. The van der Waals surface area contributed by atoms with Gasteiger partial charge in [0.05, 0.1) is 0 Å². The second kappa shape index (κ2) is 7.02. The summed E-state index contributed by atoms with van der Waals surface area (Å²) in [6.07, 6.45) is 0. The molecule has 3 rings (SSSR count). The number of rotatable bonds is 4. The van der Waals surface area contributed by atoms with Crippen LogP contribution in [0.25, 0.3) is 0 Å². The topological polar surface area (TPSA) is 23.6 Å². The summed E-state index contributed by atoms with van der Waals surface area (Å²) in [6.45, 7) is 5.11. The zero-order valence-corrected chi connectivity index (χ0v) is 13.3. The Bertz CT molecular complexity index is 676. The standard InChI is InChI=1S/C19H21FN2O/c1-21-9-11-22(12-10-21)14-15-3-2-4-17(13-15)19(23)16-5-7-18(20)8-6-16/h2-8,13H,9-12,14H2,1H3.